The molecule has 3 heteroatoms. The third-order valence-corrected chi connectivity index (χ3v) is 2.09. The van der Waals surface area contributed by atoms with Crippen molar-refractivity contribution in [2.75, 3.05) is 13.6 Å². The Labute approximate surface area is 80.3 Å². The molecule has 0 aromatic rings. The zero-order valence-corrected chi connectivity index (χ0v) is 8.71. The van der Waals surface area contributed by atoms with Gasteiger partial charge in [-0.05, 0) is 12.8 Å². The first-order chi connectivity index (χ1) is 6.17. The predicted molar refractivity (Wildman–Crippen MR) is 51.9 cm³/mol. The van der Waals surface area contributed by atoms with E-state index in [-0.39, 0.29) is 5.91 Å². The fourth-order valence-electron chi connectivity index (χ4n) is 1.09. The van der Waals surface area contributed by atoms with Crippen LogP contribution in [-0.4, -0.2) is 24.4 Å². The molecule has 1 atom stereocenters. The Morgan fingerprint density at radius 1 is 1.54 bits per heavy atom. The van der Waals surface area contributed by atoms with Crippen molar-refractivity contribution in [3.63, 3.8) is 0 Å². The molecule has 0 fully saturated rings. The molecular formula is C10H18N2O. The molecule has 0 saturated heterocycles. The largest absolute Gasteiger partial charge is 0.345 e. The Kier molecular flexibility index (Phi) is 5.96. The second-order valence-corrected chi connectivity index (χ2v) is 3.20. The third kappa shape index (κ3) is 3.93. The lowest BCUT2D eigenvalue weighted by Crippen LogP contribution is -2.32. The quantitative estimate of drug-likeness (QED) is 0.650. The fraction of sp³-hybridized carbons (Fsp3) is 0.800. The van der Waals surface area contributed by atoms with E-state index < -0.39 is 5.92 Å². The van der Waals surface area contributed by atoms with Gasteiger partial charge in [-0.25, -0.2) is 0 Å². The van der Waals surface area contributed by atoms with Gasteiger partial charge in [0.2, 0.25) is 5.91 Å². The molecule has 0 rings (SSSR count). The van der Waals surface area contributed by atoms with Crippen molar-refractivity contribution < 1.29 is 4.79 Å². The van der Waals surface area contributed by atoms with Crippen molar-refractivity contribution >= 4 is 5.91 Å². The summed E-state index contributed by atoms with van der Waals surface area (Å²) in [7, 11) is 1.76. The van der Waals surface area contributed by atoms with E-state index in [1.165, 1.54) is 0 Å². The van der Waals surface area contributed by atoms with Crippen LogP contribution in [0.15, 0.2) is 0 Å². The summed E-state index contributed by atoms with van der Waals surface area (Å²) in [5.41, 5.74) is 0. The second kappa shape index (κ2) is 6.47. The average Bonchev–Trinajstić information content (AvgIpc) is 2.15. The molecule has 0 heterocycles. The normalized spacial score (nSPS) is 11.8. The van der Waals surface area contributed by atoms with Crippen molar-refractivity contribution in [1.82, 2.24) is 4.90 Å². The Balaban J connectivity index is 4.01. The van der Waals surface area contributed by atoms with Gasteiger partial charge in [0, 0.05) is 13.6 Å². The molecular weight excluding hydrogens is 164 g/mol. The first-order valence-electron chi connectivity index (χ1n) is 4.81. The number of hydrogen-bond donors (Lipinski definition) is 0. The molecule has 0 aliphatic heterocycles. The SMILES string of the molecule is CCCCN(C)C(=O)C(C#N)CC. The van der Waals surface area contributed by atoms with Crippen molar-refractivity contribution in [2.45, 2.75) is 33.1 Å². The topological polar surface area (TPSA) is 44.1 Å². The lowest BCUT2D eigenvalue weighted by molar-refractivity contribution is -0.132. The summed E-state index contributed by atoms with van der Waals surface area (Å²) in [5, 5.41) is 8.67. The van der Waals surface area contributed by atoms with E-state index >= 15 is 0 Å². The maximum atomic E-state index is 11.5. The van der Waals surface area contributed by atoms with Crippen molar-refractivity contribution in [1.29, 1.82) is 5.26 Å². The lowest BCUT2D eigenvalue weighted by Gasteiger charge is -2.18. The van der Waals surface area contributed by atoms with Gasteiger partial charge in [-0.3, -0.25) is 4.79 Å². The molecule has 0 saturated carbocycles. The van der Waals surface area contributed by atoms with Crippen LogP contribution in [0.4, 0.5) is 0 Å². The van der Waals surface area contributed by atoms with Crippen LogP contribution < -0.4 is 0 Å². The average molecular weight is 182 g/mol. The van der Waals surface area contributed by atoms with E-state index in [0.717, 1.165) is 19.4 Å². The van der Waals surface area contributed by atoms with Gasteiger partial charge >= 0.3 is 0 Å². The fourth-order valence-corrected chi connectivity index (χ4v) is 1.09. The Bertz CT molecular complexity index is 196. The molecule has 0 aromatic carbocycles. The number of carbonyl (C=O) groups is 1. The van der Waals surface area contributed by atoms with Crippen molar-refractivity contribution in [2.24, 2.45) is 5.92 Å². The summed E-state index contributed by atoms with van der Waals surface area (Å²) in [4.78, 5) is 13.2. The van der Waals surface area contributed by atoms with Crippen molar-refractivity contribution in [3.8, 4) is 6.07 Å². The summed E-state index contributed by atoms with van der Waals surface area (Å²) >= 11 is 0. The molecule has 0 aliphatic carbocycles. The van der Waals surface area contributed by atoms with Crippen molar-refractivity contribution in [3.05, 3.63) is 0 Å². The summed E-state index contributed by atoms with van der Waals surface area (Å²) in [6.45, 7) is 4.70. The minimum Gasteiger partial charge on any atom is -0.345 e. The molecule has 13 heavy (non-hydrogen) atoms. The van der Waals surface area contributed by atoms with Crippen LogP contribution in [0.1, 0.15) is 33.1 Å². The highest BCUT2D eigenvalue weighted by molar-refractivity contribution is 5.80. The van der Waals surface area contributed by atoms with E-state index in [1.54, 1.807) is 11.9 Å². The molecule has 1 amide bonds. The molecule has 0 aliphatic rings. The summed E-state index contributed by atoms with van der Waals surface area (Å²) < 4.78 is 0. The Morgan fingerprint density at radius 2 is 2.15 bits per heavy atom. The van der Waals surface area contributed by atoms with Crippen LogP contribution in [0.5, 0.6) is 0 Å². The molecule has 3 nitrogen and oxygen atoms in total. The van der Waals surface area contributed by atoms with E-state index in [4.69, 9.17) is 5.26 Å². The molecule has 74 valence electrons. The molecule has 0 spiro atoms. The van der Waals surface area contributed by atoms with Crippen LogP contribution in [0.3, 0.4) is 0 Å². The molecule has 0 N–H and O–H groups in total. The number of unbranched alkanes of at least 4 members (excludes halogenated alkanes) is 1. The highest BCUT2D eigenvalue weighted by Gasteiger charge is 2.18. The minimum absolute atomic E-state index is 0.0431. The van der Waals surface area contributed by atoms with Crippen LogP contribution >= 0.6 is 0 Å². The monoisotopic (exact) mass is 182 g/mol. The highest BCUT2D eigenvalue weighted by atomic mass is 16.2. The number of nitrogens with zero attached hydrogens (tertiary/aromatic N) is 2. The van der Waals surface area contributed by atoms with Gasteiger partial charge in [0.25, 0.3) is 0 Å². The van der Waals surface area contributed by atoms with Crippen LogP contribution in [-0.2, 0) is 4.79 Å². The molecule has 1 unspecified atom stereocenters. The van der Waals surface area contributed by atoms with Gasteiger partial charge < -0.3 is 4.90 Å². The summed E-state index contributed by atoms with van der Waals surface area (Å²) in [6, 6.07) is 2.02. The van der Waals surface area contributed by atoms with E-state index in [2.05, 4.69) is 6.92 Å². The number of rotatable bonds is 5. The number of nitriles is 1. The van der Waals surface area contributed by atoms with Crippen LogP contribution in [0.25, 0.3) is 0 Å². The predicted octanol–water partition coefficient (Wildman–Crippen LogP) is 1.79. The van der Waals surface area contributed by atoms with Gasteiger partial charge in [0.15, 0.2) is 0 Å². The van der Waals surface area contributed by atoms with E-state index in [0.29, 0.717) is 6.42 Å². The lowest BCUT2D eigenvalue weighted by atomic mass is 10.1. The summed E-state index contributed by atoms with van der Waals surface area (Å²) in [6.07, 6.45) is 2.68. The summed E-state index contributed by atoms with van der Waals surface area (Å²) in [5.74, 6) is -0.500. The zero-order chi connectivity index (χ0) is 10.3. The Morgan fingerprint density at radius 3 is 2.54 bits per heavy atom. The second-order valence-electron chi connectivity index (χ2n) is 3.20. The number of amides is 1. The van der Waals surface area contributed by atoms with Crippen LogP contribution in [0.2, 0.25) is 0 Å². The van der Waals surface area contributed by atoms with Gasteiger partial charge in [-0.1, -0.05) is 20.3 Å². The first-order valence-corrected chi connectivity index (χ1v) is 4.81. The van der Waals surface area contributed by atoms with Gasteiger partial charge in [0.1, 0.15) is 5.92 Å². The maximum Gasteiger partial charge on any atom is 0.239 e. The molecule has 0 radical (unpaired) electrons. The highest BCUT2D eigenvalue weighted by Crippen LogP contribution is 2.05. The standard InChI is InChI=1S/C10H18N2O/c1-4-6-7-12(3)10(13)9(5-2)8-11/h9H,4-7H2,1-3H3. The number of hydrogen-bond acceptors (Lipinski definition) is 2. The Hall–Kier alpha value is -1.04. The molecule has 0 bridgehead atoms. The van der Waals surface area contributed by atoms with Crippen LogP contribution in [0, 0.1) is 17.2 Å². The molecule has 0 aromatic heterocycles. The van der Waals surface area contributed by atoms with Gasteiger partial charge in [0.05, 0.1) is 6.07 Å². The zero-order valence-electron chi connectivity index (χ0n) is 8.71. The van der Waals surface area contributed by atoms with Gasteiger partial charge in [-0.15, -0.1) is 0 Å². The van der Waals surface area contributed by atoms with E-state index in [9.17, 15) is 4.79 Å². The first kappa shape index (κ1) is 12.0. The minimum atomic E-state index is -0.457. The maximum absolute atomic E-state index is 11.5. The number of carbonyl (C=O) groups excluding carboxylic acids is 1. The third-order valence-electron chi connectivity index (χ3n) is 2.09. The van der Waals surface area contributed by atoms with Gasteiger partial charge in [-0.2, -0.15) is 5.26 Å². The smallest absolute Gasteiger partial charge is 0.239 e. The van der Waals surface area contributed by atoms with E-state index in [1.807, 2.05) is 13.0 Å².